The van der Waals surface area contributed by atoms with Gasteiger partial charge in [0.25, 0.3) is 0 Å². The number of aromatic nitrogens is 4. The van der Waals surface area contributed by atoms with Crippen LogP contribution < -0.4 is 11.5 Å². The van der Waals surface area contributed by atoms with Crippen molar-refractivity contribution in [1.29, 1.82) is 0 Å². The van der Waals surface area contributed by atoms with Gasteiger partial charge in [0.1, 0.15) is 12.1 Å². The minimum absolute atomic E-state index is 0. The molecule has 0 atom stereocenters. The lowest BCUT2D eigenvalue weighted by atomic mass is 9.83. The van der Waals surface area contributed by atoms with Gasteiger partial charge in [-0.05, 0) is 37.5 Å². The highest BCUT2D eigenvalue weighted by Gasteiger charge is 2.23. The van der Waals surface area contributed by atoms with Crippen LogP contribution in [0, 0.1) is 17.8 Å². The second-order valence-electron chi connectivity index (χ2n) is 11.8. The lowest BCUT2D eigenvalue weighted by molar-refractivity contribution is -0.112. The van der Waals surface area contributed by atoms with Crippen LogP contribution in [0.2, 0.25) is 0 Å². The number of nitrogens with zero attached hydrogens (tertiary/aromatic N) is 3. The average Bonchev–Trinajstić information content (AvgIpc) is 3.71. The van der Waals surface area contributed by atoms with E-state index in [1.165, 1.54) is 55.6 Å². The molecule has 214 valence electrons. The molecule has 0 radical (unpaired) electrons. The Morgan fingerprint density at radius 2 is 1.40 bits per heavy atom. The number of hydrogen-bond donors (Lipinski definition) is 3. The molecule has 7 nitrogen and oxygen atoms in total. The summed E-state index contributed by atoms with van der Waals surface area (Å²) in [4.78, 5) is 27.3. The van der Waals surface area contributed by atoms with E-state index in [0.717, 1.165) is 66.1 Å². The SMILES string of the molecule is C.CC1CCC(C=O)CC1.CC1CCC(c2nc3c4c(ncc3[nH]2)CC=C4)CC1.Nc1cnc2c(c1N)C=CC2. The van der Waals surface area contributed by atoms with Gasteiger partial charge >= 0.3 is 0 Å². The van der Waals surface area contributed by atoms with Crippen LogP contribution in [-0.4, -0.2) is 26.2 Å². The number of imidazole rings is 1. The molecule has 3 aromatic rings. The standard InChI is InChI=1S/C16H19N3.C8H9N3.C8H14O.CH4/c1-10-5-7-11(8-6-10)16-18-14-9-17-13-4-2-3-12(13)15(14)19-16;9-6-4-11-7-3-1-2-5(7)8(6)10;1-7-2-4-8(6-9)5-3-7;/h2-3,9-11H,4-8H2,1H3,(H,18,19);1-2,4H,3,9H2,(H2,10,11);6-8H,2-5H2,1H3;1H4. The average molecular weight is 543 g/mol. The van der Waals surface area contributed by atoms with Gasteiger partial charge < -0.3 is 21.2 Å². The molecule has 7 rings (SSSR count). The Kier molecular flexibility index (Phi) is 9.77. The number of hydrogen-bond acceptors (Lipinski definition) is 6. The van der Waals surface area contributed by atoms with Gasteiger partial charge in [0.05, 0.1) is 46.2 Å². The zero-order chi connectivity index (χ0) is 27.4. The molecule has 0 amide bonds. The number of nitrogens with two attached hydrogens (primary N) is 2. The molecule has 0 bridgehead atoms. The zero-order valence-electron chi connectivity index (χ0n) is 23.3. The number of aldehydes is 1. The van der Waals surface area contributed by atoms with Crippen LogP contribution in [0.5, 0.6) is 0 Å². The quantitative estimate of drug-likeness (QED) is 0.292. The number of nitrogens with one attached hydrogen (secondary N) is 1. The van der Waals surface area contributed by atoms with Crippen LogP contribution in [0.25, 0.3) is 23.2 Å². The number of rotatable bonds is 2. The number of fused-ring (bicyclic) bond motifs is 4. The molecule has 4 aliphatic rings. The van der Waals surface area contributed by atoms with Crippen molar-refractivity contribution in [2.24, 2.45) is 17.8 Å². The summed E-state index contributed by atoms with van der Waals surface area (Å²) in [5, 5.41) is 0. The van der Waals surface area contributed by atoms with Crippen molar-refractivity contribution in [3.05, 3.63) is 52.9 Å². The van der Waals surface area contributed by atoms with E-state index in [1.807, 2.05) is 18.3 Å². The van der Waals surface area contributed by atoms with Crippen LogP contribution in [-0.2, 0) is 17.6 Å². The topological polar surface area (TPSA) is 124 Å². The van der Waals surface area contributed by atoms with E-state index in [0.29, 0.717) is 23.2 Å². The minimum Gasteiger partial charge on any atom is -0.396 e. The van der Waals surface area contributed by atoms with Crippen molar-refractivity contribution in [1.82, 2.24) is 19.9 Å². The second-order valence-corrected chi connectivity index (χ2v) is 11.8. The van der Waals surface area contributed by atoms with Crippen molar-refractivity contribution in [2.75, 3.05) is 11.5 Å². The maximum Gasteiger partial charge on any atom is 0.123 e. The number of pyridine rings is 2. The van der Waals surface area contributed by atoms with Crippen molar-refractivity contribution < 1.29 is 4.79 Å². The molecule has 7 heteroatoms. The van der Waals surface area contributed by atoms with Gasteiger partial charge in [-0.2, -0.15) is 0 Å². The predicted molar refractivity (Wildman–Crippen MR) is 167 cm³/mol. The molecule has 4 aliphatic carbocycles. The molecule has 2 saturated carbocycles. The van der Waals surface area contributed by atoms with Crippen LogP contribution in [0.1, 0.15) is 107 Å². The molecule has 0 saturated heterocycles. The second kappa shape index (κ2) is 13.2. The maximum atomic E-state index is 10.3. The number of nitrogen functional groups attached to an aromatic ring is 2. The normalized spacial score (nSPS) is 24.1. The van der Waals surface area contributed by atoms with Gasteiger partial charge in [-0.15, -0.1) is 0 Å². The van der Waals surface area contributed by atoms with E-state index >= 15 is 0 Å². The molecule has 0 aliphatic heterocycles. The molecule has 5 N–H and O–H groups in total. The summed E-state index contributed by atoms with van der Waals surface area (Å²) in [6.45, 7) is 4.62. The first kappa shape index (κ1) is 29.5. The van der Waals surface area contributed by atoms with Gasteiger partial charge in [0.15, 0.2) is 0 Å². The monoisotopic (exact) mass is 542 g/mol. The van der Waals surface area contributed by atoms with E-state index in [2.05, 4.69) is 41.0 Å². The lowest BCUT2D eigenvalue weighted by Crippen LogP contribution is -2.12. The smallest absolute Gasteiger partial charge is 0.123 e. The van der Waals surface area contributed by atoms with Crippen LogP contribution >= 0.6 is 0 Å². The van der Waals surface area contributed by atoms with E-state index in [4.69, 9.17) is 16.5 Å². The predicted octanol–water partition coefficient (Wildman–Crippen LogP) is 7.28. The first-order valence-electron chi connectivity index (χ1n) is 14.6. The fraction of sp³-hybridized carbons (Fsp3) is 0.515. The van der Waals surface area contributed by atoms with E-state index < -0.39 is 0 Å². The Labute approximate surface area is 239 Å². The molecule has 40 heavy (non-hydrogen) atoms. The molecule has 0 spiro atoms. The molecule has 3 heterocycles. The summed E-state index contributed by atoms with van der Waals surface area (Å²) in [6.07, 6.45) is 24.8. The van der Waals surface area contributed by atoms with Crippen molar-refractivity contribution >= 4 is 40.8 Å². The third kappa shape index (κ3) is 6.62. The first-order valence-corrected chi connectivity index (χ1v) is 14.6. The molecule has 0 aromatic carbocycles. The summed E-state index contributed by atoms with van der Waals surface area (Å²) in [7, 11) is 0. The highest BCUT2D eigenvalue weighted by atomic mass is 16.1. The number of carbonyl (C=O) groups excluding carboxylic acids is 1. The first-order chi connectivity index (χ1) is 18.9. The lowest BCUT2D eigenvalue weighted by Gasteiger charge is -2.24. The van der Waals surface area contributed by atoms with Gasteiger partial charge in [-0.3, -0.25) is 9.97 Å². The van der Waals surface area contributed by atoms with Gasteiger partial charge in [-0.1, -0.05) is 71.3 Å². The van der Waals surface area contributed by atoms with E-state index in [-0.39, 0.29) is 7.43 Å². The molecular formula is C33H46N6O. The highest BCUT2D eigenvalue weighted by molar-refractivity contribution is 5.87. The third-order valence-electron chi connectivity index (χ3n) is 8.78. The van der Waals surface area contributed by atoms with Crippen LogP contribution in [0.4, 0.5) is 11.4 Å². The fourth-order valence-corrected chi connectivity index (χ4v) is 6.06. The molecule has 0 unspecified atom stereocenters. The van der Waals surface area contributed by atoms with Gasteiger partial charge in [-0.25, -0.2) is 4.98 Å². The Balaban J connectivity index is 0.000000151. The number of aromatic amines is 1. The minimum atomic E-state index is 0. The Bertz CT molecular complexity index is 1360. The summed E-state index contributed by atoms with van der Waals surface area (Å²) < 4.78 is 0. The third-order valence-corrected chi connectivity index (χ3v) is 8.78. The van der Waals surface area contributed by atoms with Gasteiger partial charge in [0, 0.05) is 35.8 Å². The largest absolute Gasteiger partial charge is 0.396 e. The molecular weight excluding hydrogens is 496 g/mol. The Morgan fingerprint density at radius 3 is 2.05 bits per heavy atom. The molecule has 2 fully saturated rings. The number of allylic oxidation sites excluding steroid dienone is 2. The number of carbonyl (C=O) groups is 1. The van der Waals surface area contributed by atoms with Crippen LogP contribution in [0.15, 0.2) is 24.5 Å². The summed E-state index contributed by atoms with van der Waals surface area (Å²) in [6, 6.07) is 0. The van der Waals surface area contributed by atoms with Gasteiger partial charge in [0.2, 0.25) is 0 Å². The van der Waals surface area contributed by atoms with E-state index in [9.17, 15) is 4.79 Å². The van der Waals surface area contributed by atoms with Crippen LogP contribution in [0.3, 0.4) is 0 Å². The summed E-state index contributed by atoms with van der Waals surface area (Å²) >= 11 is 0. The highest BCUT2D eigenvalue weighted by Crippen LogP contribution is 2.36. The number of anilines is 2. The summed E-state index contributed by atoms with van der Waals surface area (Å²) in [5.74, 6) is 3.93. The maximum absolute atomic E-state index is 10.3. The number of H-pyrrole nitrogens is 1. The Hall–Kier alpha value is -3.48. The van der Waals surface area contributed by atoms with E-state index in [1.54, 1.807) is 6.20 Å². The Morgan fingerprint density at radius 1 is 0.825 bits per heavy atom. The molecule has 3 aromatic heterocycles. The zero-order valence-corrected chi connectivity index (χ0v) is 23.3. The van der Waals surface area contributed by atoms with Crippen molar-refractivity contribution in [3.63, 3.8) is 0 Å². The van der Waals surface area contributed by atoms with Crippen molar-refractivity contribution in [2.45, 2.75) is 91.4 Å². The summed E-state index contributed by atoms with van der Waals surface area (Å²) in [5.41, 5.74) is 19.1. The fourth-order valence-electron chi connectivity index (χ4n) is 6.06. The van der Waals surface area contributed by atoms with Crippen molar-refractivity contribution in [3.8, 4) is 0 Å².